The highest BCUT2D eigenvalue weighted by Gasteiger charge is 2.24. The van der Waals surface area contributed by atoms with Crippen molar-refractivity contribution in [1.82, 2.24) is 0 Å². The molecule has 0 radical (unpaired) electrons. The number of nitrogens with one attached hydrogen (secondary N) is 2. The van der Waals surface area contributed by atoms with Crippen molar-refractivity contribution < 1.29 is 24.7 Å². The van der Waals surface area contributed by atoms with E-state index in [0.717, 1.165) is 50.6 Å². The van der Waals surface area contributed by atoms with E-state index < -0.39 is 6.10 Å². The first-order valence-corrected chi connectivity index (χ1v) is 8.24. The molecule has 0 amide bonds. The Labute approximate surface area is 133 Å². The Kier molecular flexibility index (Phi) is 6.64. The lowest BCUT2D eigenvalue weighted by molar-refractivity contribution is -1.01. The van der Waals surface area contributed by atoms with Crippen LogP contribution in [0.1, 0.15) is 11.1 Å². The number of aryl methyl sites for hydroxylation is 2. The Morgan fingerprint density at radius 2 is 1.82 bits per heavy atom. The van der Waals surface area contributed by atoms with Gasteiger partial charge in [0.15, 0.2) is 0 Å². The first-order valence-electron chi connectivity index (χ1n) is 8.24. The molecule has 1 aliphatic rings. The molecule has 0 bridgehead atoms. The summed E-state index contributed by atoms with van der Waals surface area (Å²) in [4.78, 5) is 2.89. The zero-order valence-electron chi connectivity index (χ0n) is 13.8. The van der Waals surface area contributed by atoms with E-state index in [4.69, 9.17) is 9.84 Å². The molecule has 1 aromatic carbocycles. The van der Waals surface area contributed by atoms with E-state index >= 15 is 0 Å². The molecular weight excluding hydrogens is 280 g/mol. The molecule has 124 valence electrons. The highest BCUT2D eigenvalue weighted by atomic mass is 16.5. The van der Waals surface area contributed by atoms with Crippen LogP contribution in [0.15, 0.2) is 18.2 Å². The van der Waals surface area contributed by atoms with Crippen LogP contribution in [0.3, 0.4) is 0 Å². The highest BCUT2D eigenvalue weighted by molar-refractivity contribution is 5.35. The molecule has 22 heavy (non-hydrogen) atoms. The van der Waals surface area contributed by atoms with Crippen molar-refractivity contribution in [2.24, 2.45) is 0 Å². The Bertz CT molecular complexity index is 459. The number of aliphatic hydroxyl groups is 2. The average Bonchev–Trinajstić information content (AvgIpc) is 2.49. The smallest absolute Gasteiger partial charge is 0.137 e. The molecule has 5 heteroatoms. The molecule has 0 aromatic heterocycles. The van der Waals surface area contributed by atoms with Gasteiger partial charge in [-0.05, 0) is 25.5 Å². The topological polar surface area (TPSA) is 58.6 Å². The monoisotopic (exact) mass is 310 g/mol. The summed E-state index contributed by atoms with van der Waals surface area (Å²) in [7, 11) is 0. The van der Waals surface area contributed by atoms with Gasteiger partial charge < -0.3 is 24.7 Å². The van der Waals surface area contributed by atoms with Crippen LogP contribution in [-0.4, -0.2) is 68.8 Å². The summed E-state index contributed by atoms with van der Waals surface area (Å²) in [5.74, 6) is 0.858. The van der Waals surface area contributed by atoms with Gasteiger partial charge in [0, 0.05) is 0 Å². The Balaban J connectivity index is 1.71. The van der Waals surface area contributed by atoms with E-state index in [1.165, 1.54) is 15.4 Å². The maximum atomic E-state index is 10.2. The van der Waals surface area contributed by atoms with Gasteiger partial charge >= 0.3 is 0 Å². The maximum Gasteiger partial charge on any atom is 0.137 e. The number of aliphatic hydroxyl groups excluding tert-OH is 2. The lowest BCUT2D eigenvalue weighted by Gasteiger charge is -2.30. The predicted octanol–water partition coefficient (Wildman–Crippen LogP) is -2.18. The molecule has 1 aromatic rings. The lowest BCUT2D eigenvalue weighted by atomic mass is 10.1. The summed E-state index contributed by atoms with van der Waals surface area (Å²) in [5, 5.41) is 19.1. The summed E-state index contributed by atoms with van der Waals surface area (Å²) in [5.41, 5.74) is 2.33. The molecule has 1 heterocycles. The molecule has 1 aliphatic heterocycles. The van der Waals surface area contributed by atoms with E-state index in [9.17, 15) is 5.11 Å². The third-order valence-corrected chi connectivity index (χ3v) is 4.42. The fraction of sp³-hybridized carbons (Fsp3) is 0.647. The molecule has 2 rings (SSSR count). The van der Waals surface area contributed by atoms with Crippen molar-refractivity contribution >= 4 is 0 Å². The molecular formula is C17H30N2O3+2. The zero-order valence-corrected chi connectivity index (χ0v) is 13.8. The summed E-state index contributed by atoms with van der Waals surface area (Å²) < 4.78 is 5.75. The number of hydrogen-bond acceptors (Lipinski definition) is 3. The van der Waals surface area contributed by atoms with Crippen molar-refractivity contribution in [1.29, 1.82) is 0 Å². The van der Waals surface area contributed by atoms with E-state index in [-0.39, 0.29) is 6.61 Å². The molecule has 4 N–H and O–H groups in total. The van der Waals surface area contributed by atoms with Crippen molar-refractivity contribution in [2.45, 2.75) is 20.0 Å². The van der Waals surface area contributed by atoms with Crippen LogP contribution in [0.4, 0.5) is 0 Å². The number of ether oxygens (including phenoxy) is 1. The first kappa shape index (κ1) is 17.2. The number of quaternary nitrogens is 2. The predicted molar refractivity (Wildman–Crippen MR) is 85.6 cm³/mol. The third-order valence-electron chi connectivity index (χ3n) is 4.42. The second kappa shape index (κ2) is 8.48. The van der Waals surface area contributed by atoms with E-state index in [0.29, 0.717) is 6.61 Å². The van der Waals surface area contributed by atoms with Crippen LogP contribution >= 0.6 is 0 Å². The number of benzene rings is 1. The summed E-state index contributed by atoms with van der Waals surface area (Å²) in [6.07, 6.45) is -0.435. The van der Waals surface area contributed by atoms with Crippen molar-refractivity contribution in [2.75, 3.05) is 52.5 Å². The normalized spacial score (nSPS) is 23.3. The molecule has 0 unspecified atom stereocenters. The molecule has 0 saturated carbocycles. The van der Waals surface area contributed by atoms with Gasteiger partial charge in [0.2, 0.25) is 0 Å². The van der Waals surface area contributed by atoms with Crippen molar-refractivity contribution in [3.63, 3.8) is 0 Å². The maximum absolute atomic E-state index is 10.2. The van der Waals surface area contributed by atoms with Gasteiger partial charge in [-0.25, -0.2) is 0 Å². The van der Waals surface area contributed by atoms with E-state index in [1.54, 1.807) is 0 Å². The highest BCUT2D eigenvalue weighted by Crippen LogP contribution is 2.18. The molecule has 1 fully saturated rings. The molecule has 1 saturated heterocycles. The van der Waals surface area contributed by atoms with Crippen LogP contribution in [0.25, 0.3) is 0 Å². The third kappa shape index (κ3) is 5.25. The first-order chi connectivity index (χ1) is 10.6. The molecule has 0 aliphatic carbocycles. The SMILES string of the molecule is Cc1ccc(OC[C@H](O)C[NH+]2CC[NH+](CCO)CC2)c(C)c1. The summed E-state index contributed by atoms with van der Waals surface area (Å²) in [6, 6.07) is 6.10. The summed E-state index contributed by atoms with van der Waals surface area (Å²) in [6.45, 7) is 10.5. The van der Waals surface area contributed by atoms with Crippen LogP contribution in [0.5, 0.6) is 5.75 Å². The average molecular weight is 310 g/mol. The second-order valence-corrected chi connectivity index (χ2v) is 6.41. The summed E-state index contributed by atoms with van der Waals surface area (Å²) >= 11 is 0. The van der Waals surface area contributed by atoms with Crippen LogP contribution in [-0.2, 0) is 0 Å². The van der Waals surface area contributed by atoms with Gasteiger partial charge in [0.25, 0.3) is 0 Å². The largest absolute Gasteiger partial charge is 0.490 e. The Morgan fingerprint density at radius 1 is 1.14 bits per heavy atom. The molecule has 5 nitrogen and oxygen atoms in total. The minimum atomic E-state index is -0.435. The zero-order chi connectivity index (χ0) is 15.9. The number of rotatable bonds is 7. The van der Waals surface area contributed by atoms with Gasteiger partial charge in [-0.1, -0.05) is 17.7 Å². The van der Waals surface area contributed by atoms with Crippen molar-refractivity contribution in [3.05, 3.63) is 29.3 Å². The standard InChI is InChI=1S/C17H28N2O3/c1-14-3-4-17(15(2)11-14)22-13-16(21)12-19-7-5-18(6-8-19)9-10-20/h3-4,11,16,20-21H,5-10,12-13H2,1-2H3/p+2/t16-/m1/s1. The number of hydrogen-bond donors (Lipinski definition) is 4. The van der Waals surface area contributed by atoms with Crippen molar-refractivity contribution in [3.8, 4) is 5.75 Å². The lowest BCUT2D eigenvalue weighted by Crippen LogP contribution is -3.28. The Hall–Kier alpha value is -1.14. The fourth-order valence-electron chi connectivity index (χ4n) is 3.11. The second-order valence-electron chi connectivity index (χ2n) is 6.41. The van der Waals surface area contributed by atoms with Gasteiger partial charge in [-0.15, -0.1) is 0 Å². The van der Waals surface area contributed by atoms with Crippen LogP contribution in [0.2, 0.25) is 0 Å². The Morgan fingerprint density at radius 3 is 2.45 bits per heavy atom. The van der Waals surface area contributed by atoms with Gasteiger partial charge in [-0.2, -0.15) is 0 Å². The van der Waals surface area contributed by atoms with Gasteiger partial charge in [-0.3, -0.25) is 0 Å². The van der Waals surface area contributed by atoms with Gasteiger partial charge in [0.05, 0.1) is 6.61 Å². The molecule has 0 spiro atoms. The quantitative estimate of drug-likeness (QED) is 0.463. The fourth-order valence-corrected chi connectivity index (χ4v) is 3.11. The van der Waals surface area contributed by atoms with Crippen LogP contribution in [0, 0.1) is 13.8 Å². The van der Waals surface area contributed by atoms with Gasteiger partial charge in [0.1, 0.15) is 57.7 Å². The van der Waals surface area contributed by atoms with E-state index in [1.807, 2.05) is 19.1 Å². The molecule has 1 atom stereocenters. The minimum Gasteiger partial charge on any atom is -0.490 e. The van der Waals surface area contributed by atoms with E-state index in [2.05, 4.69) is 13.0 Å². The van der Waals surface area contributed by atoms with Crippen LogP contribution < -0.4 is 14.5 Å². The minimum absolute atomic E-state index is 0.261. The number of piperazine rings is 1.